The molecular weight excluding hydrogens is 702 g/mol. The van der Waals surface area contributed by atoms with Gasteiger partial charge >= 0.3 is 0 Å². The number of rotatable bonds is 7. The molecule has 1 spiro atoms. The van der Waals surface area contributed by atoms with Crippen molar-refractivity contribution in [3.63, 3.8) is 0 Å². The zero-order chi connectivity index (χ0) is 36.3. The van der Waals surface area contributed by atoms with E-state index in [9.17, 15) is 13.2 Å². The van der Waals surface area contributed by atoms with E-state index in [1.807, 2.05) is 25.1 Å². The summed E-state index contributed by atoms with van der Waals surface area (Å²) in [6, 6.07) is 11.6. The van der Waals surface area contributed by atoms with E-state index in [0.29, 0.717) is 42.8 Å². The number of carbonyl (C=O) groups excluding carboxylic acids is 1. The number of aryl methyl sites for hydroxylation is 1. The van der Waals surface area contributed by atoms with Crippen molar-refractivity contribution in [1.82, 2.24) is 9.62 Å². The molecule has 1 saturated carbocycles. The van der Waals surface area contributed by atoms with Crippen LogP contribution in [0, 0.1) is 17.8 Å². The zero-order valence-corrected chi connectivity index (χ0v) is 32.1. The highest BCUT2D eigenvalue weighted by Gasteiger charge is 2.45. The maximum absolute atomic E-state index is 13.9. The van der Waals surface area contributed by atoms with Crippen molar-refractivity contribution in [2.24, 2.45) is 17.8 Å². The van der Waals surface area contributed by atoms with Crippen molar-refractivity contribution >= 4 is 33.2 Å². The number of nitrogens with one attached hydrogen (secondary N) is 1. The fourth-order valence-corrected chi connectivity index (χ4v) is 10.9. The lowest BCUT2D eigenvalue weighted by atomic mass is 9.68. The minimum atomic E-state index is -4.04. The molecule has 2 bridgehead atoms. The number of sulfonamides is 1. The Morgan fingerprint density at radius 2 is 1.94 bits per heavy atom. The third-order valence-electron chi connectivity index (χ3n) is 12.2. The number of hydrogen-bond donors (Lipinski definition) is 1. The van der Waals surface area contributed by atoms with E-state index in [4.69, 9.17) is 30.5 Å². The first-order chi connectivity index (χ1) is 25.2. The number of allylic oxidation sites excluding steroid dienone is 1. The molecule has 3 aliphatic heterocycles. The predicted octanol–water partition coefficient (Wildman–Crippen LogP) is 5.62. The predicted molar refractivity (Wildman–Crippen MR) is 203 cm³/mol. The first-order valence-electron chi connectivity index (χ1n) is 19.1. The van der Waals surface area contributed by atoms with Gasteiger partial charge in [0, 0.05) is 62.4 Å². The Morgan fingerprint density at radius 3 is 2.73 bits per heavy atom. The summed E-state index contributed by atoms with van der Waals surface area (Å²) in [5.41, 5.74) is 3.40. The van der Waals surface area contributed by atoms with E-state index in [2.05, 4.69) is 38.8 Å². The molecule has 284 valence electrons. The molecule has 12 heteroatoms. The van der Waals surface area contributed by atoms with Crippen LogP contribution in [0.15, 0.2) is 48.6 Å². The number of benzene rings is 2. The normalized spacial score (nSPS) is 31.3. The smallest absolute Gasteiger partial charge is 0.264 e. The summed E-state index contributed by atoms with van der Waals surface area (Å²) in [6.07, 6.45) is 10.1. The Balaban J connectivity index is 1.24. The highest BCUT2D eigenvalue weighted by molar-refractivity contribution is 7.90. The van der Waals surface area contributed by atoms with Gasteiger partial charge in [0.25, 0.3) is 5.91 Å². The van der Waals surface area contributed by atoms with E-state index >= 15 is 0 Å². The van der Waals surface area contributed by atoms with E-state index in [1.165, 1.54) is 11.1 Å². The van der Waals surface area contributed by atoms with Gasteiger partial charge in [0.2, 0.25) is 10.0 Å². The van der Waals surface area contributed by atoms with Gasteiger partial charge in [-0.3, -0.25) is 9.69 Å². The summed E-state index contributed by atoms with van der Waals surface area (Å²) in [7, 11) is -2.47. The number of methoxy groups -OCH3 is 1. The molecule has 2 aromatic rings. The van der Waals surface area contributed by atoms with Crippen molar-refractivity contribution in [2.45, 2.75) is 68.6 Å². The highest BCUT2D eigenvalue weighted by Crippen LogP contribution is 2.47. The fraction of sp³-hybridized carbons (Fsp3) is 0.625. The minimum Gasteiger partial charge on any atom is -0.490 e. The lowest BCUT2D eigenvalue weighted by Gasteiger charge is -2.46. The van der Waals surface area contributed by atoms with Crippen molar-refractivity contribution in [3.05, 3.63) is 70.3 Å². The number of amides is 1. The molecule has 1 amide bonds. The molecule has 52 heavy (non-hydrogen) atoms. The number of carbonyl (C=O) groups is 1. The number of morpholine rings is 1. The van der Waals surface area contributed by atoms with Crippen LogP contribution in [0.5, 0.6) is 5.75 Å². The molecule has 2 aromatic carbocycles. The Morgan fingerprint density at radius 1 is 1.10 bits per heavy atom. The lowest BCUT2D eigenvalue weighted by Crippen LogP contribution is -2.50. The number of hydrogen-bond acceptors (Lipinski definition) is 9. The van der Waals surface area contributed by atoms with Crippen LogP contribution in [-0.2, 0) is 36.1 Å². The zero-order valence-electron chi connectivity index (χ0n) is 30.6. The number of anilines is 1. The summed E-state index contributed by atoms with van der Waals surface area (Å²) >= 11 is 6.48. The summed E-state index contributed by atoms with van der Waals surface area (Å²) in [5.74, 6) is 0.499. The maximum Gasteiger partial charge on any atom is 0.264 e. The molecule has 5 aliphatic rings. The third kappa shape index (κ3) is 8.20. The van der Waals surface area contributed by atoms with Crippen LogP contribution in [0.25, 0.3) is 0 Å². The van der Waals surface area contributed by atoms with Crippen LogP contribution in [-0.4, -0.2) is 103 Å². The topological polar surface area (TPSA) is 107 Å². The van der Waals surface area contributed by atoms with Crippen molar-refractivity contribution in [2.75, 3.05) is 77.8 Å². The molecule has 0 aromatic heterocycles. The van der Waals surface area contributed by atoms with E-state index in [0.717, 1.165) is 88.8 Å². The van der Waals surface area contributed by atoms with Gasteiger partial charge in [-0.25, -0.2) is 13.1 Å². The third-order valence-corrected chi connectivity index (χ3v) is 14.4. The van der Waals surface area contributed by atoms with Crippen molar-refractivity contribution in [1.29, 1.82) is 0 Å². The number of fused-ring (bicyclic) bond motifs is 4. The average molecular weight is 756 g/mol. The lowest BCUT2D eigenvalue weighted by molar-refractivity contribution is -0.0315. The molecule has 0 unspecified atom stereocenters. The quantitative estimate of drug-likeness (QED) is 0.361. The maximum atomic E-state index is 13.9. The molecule has 3 heterocycles. The minimum absolute atomic E-state index is 0.0887. The van der Waals surface area contributed by atoms with Gasteiger partial charge in [-0.2, -0.15) is 0 Å². The Kier molecular flexibility index (Phi) is 11.8. The van der Waals surface area contributed by atoms with E-state index in [-0.39, 0.29) is 30.5 Å². The van der Waals surface area contributed by atoms with Gasteiger partial charge in [-0.1, -0.05) is 36.7 Å². The second-order valence-electron chi connectivity index (χ2n) is 15.5. The molecule has 10 nitrogen and oxygen atoms in total. The van der Waals surface area contributed by atoms with Crippen LogP contribution in [0.2, 0.25) is 5.02 Å². The second kappa shape index (κ2) is 16.4. The first kappa shape index (κ1) is 37.6. The molecule has 1 N–H and O–H groups in total. The molecular formula is C40H54ClN3O7S. The summed E-state index contributed by atoms with van der Waals surface area (Å²) < 4.78 is 54.5. The molecule has 2 fully saturated rings. The summed E-state index contributed by atoms with van der Waals surface area (Å²) in [4.78, 5) is 18.6. The number of halogens is 1. The van der Waals surface area contributed by atoms with Gasteiger partial charge in [-0.05, 0) is 104 Å². The van der Waals surface area contributed by atoms with Crippen LogP contribution in [0.4, 0.5) is 5.69 Å². The van der Waals surface area contributed by atoms with Crippen molar-refractivity contribution < 1.29 is 32.2 Å². The van der Waals surface area contributed by atoms with Crippen molar-refractivity contribution in [3.8, 4) is 5.75 Å². The molecule has 0 radical (unpaired) electrons. The largest absolute Gasteiger partial charge is 0.490 e. The Labute approximate surface area is 314 Å². The summed E-state index contributed by atoms with van der Waals surface area (Å²) in [5, 5.41) is -0.0698. The fourth-order valence-electron chi connectivity index (χ4n) is 9.08. The average Bonchev–Trinajstić information content (AvgIpc) is 3.26. The molecule has 7 rings (SSSR count). The SMILES string of the molecule is COCC[C@H]1[C@@H](C)C/C=C\[C@H](OCCN2CCOCC2)[C@@H]2CC[C@H]2CN2C[C@@]3(CCCc4cc(Cl)ccc43)COc3ccc(cc32)C(=O)NS1(=O)=O. The monoisotopic (exact) mass is 755 g/mol. The van der Waals surface area contributed by atoms with Gasteiger partial charge in [-0.15, -0.1) is 0 Å². The molecule has 6 atom stereocenters. The van der Waals surface area contributed by atoms with Crippen LogP contribution in [0.3, 0.4) is 0 Å². The number of nitrogens with zero attached hydrogens (tertiary/aromatic N) is 2. The molecule has 2 aliphatic carbocycles. The van der Waals surface area contributed by atoms with Gasteiger partial charge in [0.15, 0.2) is 0 Å². The van der Waals surface area contributed by atoms with Gasteiger partial charge in [0.1, 0.15) is 5.75 Å². The van der Waals surface area contributed by atoms with E-state index < -0.39 is 21.2 Å². The first-order valence-corrected chi connectivity index (χ1v) is 21.0. The van der Waals surface area contributed by atoms with Gasteiger partial charge < -0.3 is 23.8 Å². The van der Waals surface area contributed by atoms with E-state index in [1.54, 1.807) is 13.2 Å². The number of ether oxygens (including phenoxy) is 4. The van der Waals surface area contributed by atoms with Crippen LogP contribution < -0.4 is 14.4 Å². The van der Waals surface area contributed by atoms with Gasteiger partial charge in [0.05, 0.1) is 43.5 Å². The standard InChI is InChI=1S/C40H54ClN3O7S/c1-28-5-3-7-36(50-22-18-43-16-20-49-21-17-43)33-11-8-31(33)25-44-26-40(15-4-6-29-23-32(41)10-12-34(29)40)27-51-37-13-9-30(24-35(37)44)39(45)42-52(46,47)38(28)14-19-48-2/h3,7,9-10,12-13,23-24,28,31,33,36,38H,4-6,8,11,14-22,25-27H2,1-2H3,(H,42,45)/b7-3-/t28-,31-,33+,36-,38-,40-/m0/s1. The second-order valence-corrected chi connectivity index (χ2v) is 17.9. The highest BCUT2D eigenvalue weighted by atomic mass is 35.5. The summed E-state index contributed by atoms with van der Waals surface area (Å²) in [6.45, 7) is 9.01. The van der Waals surface area contributed by atoms with Crippen LogP contribution in [0.1, 0.15) is 66.9 Å². The van der Waals surface area contributed by atoms with Crippen LogP contribution >= 0.6 is 11.6 Å². The Bertz CT molecular complexity index is 1720. The Hall–Kier alpha value is -2.67. The molecule has 1 saturated heterocycles.